The van der Waals surface area contributed by atoms with Crippen molar-refractivity contribution in [3.05, 3.63) is 108 Å². The second-order valence-electron chi connectivity index (χ2n) is 18.0. The van der Waals surface area contributed by atoms with Crippen molar-refractivity contribution in [1.29, 1.82) is 0 Å². The van der Waals surface area contributed by atoms with Gasteiger partial charge in [-0.1, -0.05) is 132 Å². The van der Waals surface area contributed by atoms with Crippen molar-refractivity contribution in [1.82, 2.24) is 16.0 Å². The summed E-state index contributed by atoms with van der Waals surface area (Å²) in [7, 11) is 0. The molecule has 362 valence electrons. The normalized spacial score (nSPS) is 31.5. The molecular weight excluding hydrogens is 851 g/mol. The maximum atomic E-state index is 14.1. The molecule has 2 saturated heterocycles. The van der Waals surface area contributed by atoms with E-state index in [9.17, 15) is 29.7 Å². The molecule has 2 heterocycles. The summed E-state index contributed by atoms with van der Waals surface area (Å²) in [5.74, 6) is -1.80. The Labute approximate surface area is 388 Å². The Morgan fingerprint density at radius 3 is 1.80 bits per heavy atom. The zero-order valence-electron chi connectivity index (χ0n) is 38.6. The van der Waals surface area contributed by atoms with Gasteiger partial charge in [0.15, 0.2) is 12.6 Å². The standard InChI is InChI=1S/C50H69N3O13/c1-6-16-30(2)46(57)52-39-43(60-27-34-17-10-7-11-18-34)40(53-50(59)62-29-36-21-14-9-15-22-36)45(42(56)44(39)66-48-33(5)32(4)41(55)38(26-54)64-48)65-47-31(3)23-24-37(63-47)25-51-49(58)61-28-35-19-12-8-13-20-35/h7-15,17-22,30-33,37-45,47-48,54-56H,6,16,23-29H2,1-5H3,(H,51,58)(H,52,57)(H,53,59)/t30-,31?,32+,33?,37?,38?,39+,40-,41-,42?,43?,44-,45?,47+,48+/m0/s1. The number of benzene rings is 3. The molecule has 3 aromatic rings. The van der Waals surface area contributed by atoms with Crippen molar-refractivity contribution < 1.29 is 62.9 Å². The van der Waals surface area contributed by atoms with Gasteiger partial charge in [-0.15, -0.1) is 0 Å². The van der Waals surface area contributed by atoms with Gasteiger partial charge in [0.05, 0.1) is 37.5 Å². The first-order chi connectivity index (χ1) is 31.9. The molecule has 16 nitrogen and oxygen atoms in total. The summed E-state index contributed by atoms with van der Waals surface area (Å²) in [5.41, 5.74) is 2.39. The predicted molar refractivity (Wildman–Crippen MR) is 242 cm³/mol. The molecule has 0 spiro atoms. The van der Waals surface area contributed by atoms with Crippen LogP contribution < -0.4 is 16.0 Å². The Morgan fingerprint density at radius 2 is 1.23 bits per heavy atom. The first-order valence-corrected chi connectivity index (χ1v) is 23.3. The lowest BCUT2D eigenvalue weighted by Crippen LogP contribution is -2.74. The van der Waals surface area contributed by atoms with Crippen LogP contribution >= 0.6 is 0 Å². The number of ether oxygens (including phenoxy) is 7. The lowest BCUT2D eigenvalue weighted by molar-refractivity contribution is -0.320. The Hall–Kier alpha value is -4.65. The predicted octanol–water partition coefficient (Wildman–Crippen LogP) is 5.35. The van der Waals surface area contributed by atoms with Crippen LogP contribution in [0.3, 0.4) is 0 Å². The Kier molecular flexibility index (Phi) is 19.2. The van der Waals surface area contributed by atoms with Crippen LogP contribution in [0.2, 0.25) is 0 Å². The number of amides is 3. The lowest BCUT2D eigenvalue weighted by Gasteiger charge is -2.52. The van der Waals surface area contributed by atoms with Crippen LogP contribution in [-0.4, -0.2) is 114 Å². The Bertz CT molecular complexity index is 1930. The molecule has 3 aromatic carbocycles. The van der Waals surface area contributed by atoms with E-state index >= 15 is 0 Å². The molecule has 3 aliphatic rings. The molecule has 1 aliphatic carbocycles. The monoisotopic (exact) mass is 919 g/mol. The van der Waals surface area contributed by atoms with Crippen molar-refractivity contribution in [2.75, 3.05) is 13.2 Å². The molecule has 6 N–H and O–H groups in total. The average Bonchev–Trinajstić information content (AvgIpc) is 3.33. The summed E-state index contributed by atoms with van der Waals surface area (Å²) < 4.78 is 44.2. The fourth-order valence-corrected chi connectivity index (χ4v) is 8.77. The quantitative estimate of drug-likeness (QED) is 0.0897. The van der Waals surface area contributed by atoms with E-state index in [4.69, 9.17) is 33.2 Å². The van der Waals surface area contributed by atoms with E-state index in [0.29, 0.717) is 19.3 Å². The van der Waals surface area contributed by atoms with Crippen molar-refractivity contribution >= 4 is 18.1 Å². The van der Waals surface area contributed by atoms with E-state index in [1.165, 1.54) is 0 Å². The molecule has 15 atom stereocenters. The third-order valence-corrected chi connectivity index (χ3v) is 13.0. The molecular formula is C50H69N3O13. The van der Waals surface area contributed by atoms with E-state index < -0.39 is 98.0 Å². The van der Waals surface area contributed by atoms with Gasteiger partial charge >= 0.3 is 12.2 Å². The molecule has 3 amide bonds. The zero-order chi connectivity index (χ0) is 47.2. The minimum atomic E-state index is -1.58. The first-order valence-electron chi connectivity index (χ1n) is 23.3. The van der Waals surface area contributed by atoms with Gasteiger partial charge in [-0.3, -0.25) is 4.79 Å². The average molecular weight is 920 g/mol. The second kappa shape index (κ2) is 24.9. The fraction of sp³-hybridized carbons (Fsp3) is 0.580. The van der Waals surface area contributed by atoms with Crippen LogP contribution in [-0.2, 0) is 57.8 Å². The number of rotatable bonds is 19. The number of nitrogens with one attached hydrogen (secondary N) is 3. The van der Waals surface area contributed by atoms with Gasteiger partial charge in [-0.2, -0.15) is 0 Å². The number of carbonyl (C=O) groups excluding carboxylic acids is 3. The molecule has 66 heavy (non-hydrogen) atoms. The highest BCUT2D eigenvalue weighted by molar-refractivity contribution is 5.78. The molecule has 16 heteroatoms. The summed E-state index contributed by atoms with van der Waals surface area (Å²) >= 11 is 0. The number of hydrogen-bond acceptors (Lipinski definition) is 13. The lowest BCUT2D eigenvalue weighted by atomic mass is 9.79. The van der Waals surface area contributed by atoms with Crippen LogP contribution in [0.1, 0.15) is 77.0 Å². The number of carbonyl (C=O) groups is 3. The molecule has 6 rings (SSSR count). The van der Waals surface area contributed by atoms with E-state index in [-0.39, 0.29) is 44.1 Å². The molecule has 0 bridgehead atoms. The molecule has 2 aliphatic heterocycles. The number of aliphatic hydroxyl groups is 3. The van der Waals surface area contributed by atoms with Crippen LogP contribution in [0, 0.1) is 23.7 Å². The van der Waals surface area contributed by atoms with Crippen LogP contribution in [0.4, 0.5) is 9.59 Å². The van der Waals surface area contributed by atoms with Gasteiger partial charge < -0.3 is 64.4 Å². The largest absolute Gasteiger partial charge is 0.445 e. The smallest absolute Gasteiger partial charge is 0.407 e. The maximum absolute atomic E-state index is 14.1. The highest BCUT2D eigenvalue weighted by atomic mass is 16.7. The highest BCUT2D eigenvalue weighted by Gasteiger charge is 2.56. The SMILES string of the molecule is CCC[C@H](C)C(=O)N[C@@H]1C(OCc2ccccc2)[C@H](NC(=O)OCc2ccccc2)C(O[C@H]2OC(CNC(=O)OCc3ccccc3)CCC2C)C(O)[C@H]1O[C@H]1OC(CO)[C@@H](O)[C@H](C)C1C. The molecule has 3 fully saturated rings. The minimum Gasteiger partial charge on any atom is -0.445 e. The van der Waals surface area contributed by atoms with Gasteiger partial charge in [0, 0.05) is 24.3 Å². The van der Waals surface area contributed by atoms with Crippen LogP contribution in [0.5, 0.6) is 0 Å². The summed E-state index contributed by atoms with van der Waals surface area (Å²) in [6.07, 6.45) is -8.70. The molecule has 1 saturated carbocycles. The summed E-state index contributed by atoms with van der Waals surface area (Å²) in [6.45, 7) is 9.13. The van der Waals surface area contributed by atoms with E-state index in [1.807, 2.05) is 126 Å². The van der Waals surface area contributed by atoms with Crippen molar-refractivity contribution in [3.8, 4) is 0 Å². The number of alkyl carbamates (subject to hydrolysis) is 2. The second-order valence-corrected chi connectivity index (χ2v) is 18.0. The van der Waals surface area contributed by atoms with E-state index in [2.05, 4.69) is 16.0 Å². The molecule has 0 radical (unpaired) electrons. The fourth-order valence-electron chi connectivity index (χ4n) is 8.77. The highest BCUT2D eigenvalue weighted by Crippen LogP contribution is 2.38. The van der Waals surface area contributed by atoms with Crippen molar-refractivity contribution in [3.63, 3.8) is 0 Å². The summed E-state index contributed by atoms with van der Waals surface area (Å²) in [4.78, 5) is 40.8. The Morgan fingerprint density at radius 1 is 0.682 bits per heavy atom. The number of hydrogen-bond donors (Lipinski definition) is 6. The third-order valence-electron chi connectivity index (χ3n) is 13.0. The van der Waals surface area contributed by atoms with Crippen molar-refractivity contribution in [2.45, 2.75) is 148 Å². The van der Waals surface area contributed by atoms with Gasteiger partial charge in [0.25, 0.3) is 0 Å². The summed E-state index contributed by atoms with van der Waals surface area (Å²) in [5, 5.41) is 42.8. The van der Waals surface area contributed by atoms with E-state index in [0.717, 1.165) is 23.1 Å². The van der Waals surface area contributed by atoms with E-state index in [1.54, 1.807) is 0 Å². The topological polar surface area (TPSA) is 213 Å². The van der Waals surface area contributed by atoms with Crippen LogP contribution in [0.25, 0.3) is 0 Å². The third kappa shape index (κ3) is 13.7. The molecule has 0 aromatic heterocycles. The van der Waals surface area contributed by atoms with Gasteiger partial charge in [-0.05, 0) is 41.9 Å². The summed E-state index contributed by atoms with van der Waals surface area (Å²) in [6, 6.07) is 25.6. The maximum Gasteiger partial charge on any atom is 0.407 e. The van der Waals surface area contributed by atoms with Crippen LogP contribution in [0.15, 0.2) is 91.0 Å². The first kappa shape index (κ1) is 50.8. The van der Waals surface area contributed by atoms with Gasteiger partial charge in [0.2, 0.25) is 5.91 Å². The van der Waals surface area contributed by atoms with Gasteiger partial charge in [0.1, 0.15) is 43.7 Å². The molecule has 7 unspecified atom stereocenters. The number of aliphatic hydroxyl groups excluding tert-OH is 3. The minimum absolute atomic E-state index is 0.0335. The van der Waals surface area contributed by atoms with Gasteiger partial charge in [-0.25, -0.2) is 9.59 Å². The van der Waals surface area contributed by atoms with Crippen molar-refractivity contribution in [2.24, 2.45) is 23.7 Å². The Balaban J connectivity index is 1.33. The zero-order valence-corrected chi connectivity index (χ0v) is 38.6.